The molecule has 2 atom stereocenters. The highest BCUT2D eigenvalue weighted by atomic mass is 16.6. The molecule has 164 valence electrons. The zero-order valence-corrected chi connectivity index (χ0v) is 18.2. The molecule has 0 aromatic carbocycles. The Hall–Kier alpha value is -2.05. The molecule has 3 amide bonds. The van der Waals surface area contributed by atoms with Gasteiger partial charge in [-0.25, -0.2) is 4.79 Å². The van der Waals surface area contributed by atoms with E-state index in [1.807, 2.05) is 6.08 Å². The third-order valence-electron chi connectivity index (χ3n) is 5.15. The second-order valence-corrected chi connectivity index (χ2v) is 9.10. The molecule has 1 aliphatic heterocycles. The zero-order valence-electron chi connectivity index (χ0n) is 18.2. The number of hydrogen-bond acceptors (Lipinski definition) is 4. The number of nitrogens with zero attached hydrogens (tertiary/aromatic N) is 1. The van der Waals surface area contributed by atoms with Gasteiger partial charge in [-0.1, -0.05) is 18.9 Å². The highest BCUT2D eigenvalue weighted by Crippen LogP contribution is 2.23. The van der Waals surface area contributed by atoms with E-state index in [4.69, 9.17) is 4.74 Å². The summed E-state index contributed by atoms with van der Waals surface area (Å²) in [5.74, 6) is -0.256. The van der Waals surface area contributed by atoms with E-state index in [9.17, 15) is 14.4 Å². The largest absolute Gasteiger partial charge is 0.444 e. The van der Waals surface area contributed by atoms with Crippen LogP contribution in [0.3, 0.4) is 0 Å². The predicted molar refractivity (Wildman–Crippen MR) is 112 cm³/mol. The smallest absolute Gasteiger partial charge is 0.408 e. The van der Waals surface area contributed by atoms with Crippen LogP contribution in [0.15, 0.2) is 12.7 Å². The van der Waals surface area contributed by atoms with Gasteiger partial charge in [-0.2, -0.15) is 0 Å². The summed E-state index contributed by atoms with van der Waals surface area (Å²) in [5.41, 5.74) is -0.637. The number of rotatable bonds is 10. The SMILES string of the molecule is C=CCCCCC[C@H](NC(=O)OC(C)(C)C)C(=O)N1CCC[C@H]1C(=O)NC1CC1. The van der Waals surface area contributed by atoms with Crippen LogP contribution in [-0.4, -0.2) is 53.1 Å². The Balaban J connectivity index is 1.99. The van der Waals surface area contributed by atoms with E-state index < -0.39 is 23.8 Å². The first-order valence-electron chi connectivity index (χ1n) is 10.9. The Morgan fingerprint density at radius 2 is 1.90 bits per heavy atom. The molecule has 2 fully saturated rings. The summed E-state index contributed by atoms with van der Waals surface area (Å²) in [6.45, 7) is 9.64. The van der Waals surface area contributed by atoms with Crippen LogP contribution < -0.4 is 10.6 Å². The molecule has 1 heterocycles. The third kappa shape index (κ3) is 8.07. The molecular formula is C22H37N3O4. The average Bonchev–Trinajstić information content (AvgIpc) is 3.30. The molecule has 29 heavy (non-hydrogen) atoms. The second-order valence-electron chi connectivity index (χ2n) is 9.10. The van der Waals surface area contributed by atoms with E-state index in [1.165, 1.54) is 0 Å². The summed E-state index contributed by atoms with van der Waals surface area (Å²) < 4.78 is 5.35. The predicted octanol–water partition coefficient (Wildman–Crippen LogP) is 3.29. The van der Waals surface area contributed by atoms with Crippen molar-refractivity contribution >= 4 is 17.9 Å². The minimum Gasteiger partial charge on any atom is -0.444 e. The quantitative estimate of drug-likeness (QED) is 0.430. The van der Waals surface area contributed by atoms with E-state index in [-0.39, 0.29) is 17.9 Å². The topological polar surface area (TPSA) is 87.7 Å². The van der Waals surface area contributed by atoms with Crippen LogP contribution in [0.1, 0.15) is 78.6 Å². The molecule has 0 radical (unpaired) electrons. The minimum atomic E-state index is -0.678. The van der Waals surface area contributed by atoms with Gasteiger partial charge >= 0.3 is 6.09 Å². The number of alkyl carbamates (subject to hydrolysis) is 1. The molecular weight excluding hydrogens is 370 g/mol. The normalized spacial score (nSPS) is 20.1. The number of nitrogens with one attached hydrogen (secondary N) is 2. The maximum absolute atomic E-state index is 13.2. The fourth-order valence-corrected chi connectivity index (χ4v) is 3.55. The van der Waals surface area contributed by atoms with Crippen molar-refractivity contribution < 1.29 is 19.1 Å². The molecule has 0 bridgehead atoms. The summed E-state index contributed by atoms with van der Waals surface area (Å²) in [4.78, 5) is 39.7. The first-order chi connectivity index (χ1) is 13.7. The molecule has 1 saturated heterocycles. The van der Waals surface area contributed by atoms with Gasteiger partial charge < -0.3 is 20.3 Å². The van der Waals surface area contributed by atoms with Gasteiger partial charge in [0.1, 0.15) is 17.7 Å². The van der Waals surface area contributed by atoms with Crippen molar-refractivity contribution in [1.82, 2.24) is 15.5 Å². The standard InChI is InChI=1S/C22H37N3O4/c1-5-6-7-8-9-11-17(24-21(28)29-22(2,3)4)20(27)25-15-10-12-18(25)19(26)23-16-13-14-16/h5,16-18H,1,6-15H2,2-4H3,(H,23,26)(H,24,28)/t17-,18-/m0/s1. The first kappa shape index (κ1) is 23.2. The molecule has 2 rings (SSSR count). The van der Waals surface area contributed by atoms with Crippen LogP contribution in [0.4, 0.5) is 4.79 Å². The van der Waals surface area contributed by atoms with Crippen molar-refractivity contribution in [3.8, 4) is 0 Å². The van der Waals surface area contributed by atoms with Gasteiger partial charge in [0.15, 0.2) is 0 Å². The van der Waals surface area contributed by atoms with Crippen molar-refractivity contribution in [2.24, 2.45) is 0 Å². The number of allylic oxidation sites excluding steroid dienone is 1. The van der Waals surface area contributed by atoms with E-state index >= 15 is 0 Å². The molecule has 1 aliphatic carbocycles. The zero-order chi connectivity index (χ0) is 21.4. The van der Waals surface area contributed by atoms with Gasteiger partial charge in [-0.15, -0.1) is 6.58 Å². The maximum Gasteiger partial charge on any atom is 0.408 e. The van der Waals surface area contributed by atoms with Crippen LogP contribution in [0, 0.1) is 0 Å². The monoisotopic (exact) mass is 407 g/mol. The maximum atomic E-state index is 13.2. The lowest BCUT2D eigenvalue weighted by atomic mass is 10.1. The Morgan fingerprint density at radius 1 is 1.17 bits per heavy atom. The molecule has 1 saturated carbocycles. The molecule has 7 heteroatoms. The third-order valence-corrected chi connectivity index (χ3v) is 5.15. The fourth-order valence-electron chi connectivity index (χ4n) is 3.55. The second kappa shape index (κ2) is 10.6. The van der Waals surface area contributed by atoms with E-state index in [1.54, 1.807) is 25.7 Å². The van der Waals surface area contributed by atoms with Crippen LogP contribution >= 0.6 is 0 Å². The number of likely N-dealkylation sites (tertiary alicyclic amines) is 1. The van der Waals surface area contributed by atoms with Crippen LogP contribution in [-0.2, 0) is 14.3 Å². The number of amides is 3. The van der Waals surface area contributed by atoms with Gasteiger partial charge in [0.2, 0.25) is 11.8 Å². The number of carbonyl (C=O) groups excluding carboxylic acids is 3. The first-order valence-corrected chi connectivity index (χ1v) is 10.9. The molecule has 0 aromatic heterocycles. The van der Waals surface area contributed by atoms with Gasteiger partial charge in [0.25, 0.3) is 0 Å². The Labute approximate surface area is 174 Å². The molecule has 0 spiro atoms. The highest BCUT2D eigenvalue weighted by molar-refractivity contribution is 5.92. The molecule has 2 N–H and O–H groups in total. The minimum absolute atomic E-state index is 0.0691. The fraction of sp³-hybridized carbons (Fsp3) is 0.773. The van der Waals surface area contributed by atoms with Crippen molar-refractivity contribution in [3.63, 3.8) is 0 Å². The Kier molecular flexibility index (Phi) is 8.53. The van der Waals surface area contributed by atoms with E-state index in [0.717, 1.165) is 44.9 Å². The van der Waals surface area contributed by atoms with Gasteiger partial charge in [0.05, 0.1) is 0 Å². The van der Waals surface area contributed by atoms with Gasteiger partial charge in [0, 0.05) is 12.6 Å². The van der Waals surface area contributed by atoms with Crippen molar-refractivity contribution in [2.45, 2.75) is 102 Å². The van der Waals surface area contributed by atoms with Gasteiger partial charge in [-0.05, 0) is 65.7 Å². The van der Waals surface area contributed by atoms with Crippen LogP contribution in [0.25, 0.3) is 0 Å². The van der Waals surface area contributed by atoms with Crippen LogP contribution in [0.2, 0.25) is 0 Å². The average molecular weight is 408 g/mol. The Morgan fingerprint density at radius 3 is 2.52 bits per heavy atom. The Bertz CT molecular complexity index is 595. The summed E-state index contributed by atoms with van der Waals surface area (Å²) in [7, 11) is 0. The lowest BCUT2D eigenvalue weighted by molar-refractivity contribution is -0.140. The molecule has 7 nitrogen and oxygen atoms in total. The summed E-state index contributed by atoms with van der Waals surface area (Å²) in [5, 5.41) is 5.75. The number of unbranched alkanes of at least 4 members (excludes halogenated alkanes) is 3. The summed E-state index contributed by atoms with van der Waals surface area (Å²) >= 11 is 0. The van der Waals surface area contributed by atoms with Crippen molar-refractivity contribution in [1.29, 1.82) is 0 Å². The van der Waals surface area contributed by atoms with E-state index in [0.29, 0.717) is 19.4 Å². The summed E-state index contributed by atoms with van der Waals surface area (Å²) in [6.07, 6.45) is 9.03. The number of carbonyl (C=O) groups is 3. The van der Waals surface area contributed by atoms with Crippen LogP contribution in [0.5, 0.6) is 0 Å². The van der Waals surface area contributed by atoms with E-state index in [2.05, 4.69) is 17.2 Å². The van der Waals surface area contributed by atoms with Crippen molar-refractivity contribution in [3.05, 3.63) is 12.7 Å². The molecule has 2 aliphatic rings. The van der Waals surface area contributed by atoms with Crippen molar-refractivity contribution in [2.75, 3.05) is 6.54 Å². The van der Waals surface area contributed by atoms with Gasteiger partial charge in [-0.3, -0.25) is 9.59 Å². The number of hydrogen-bond donors (Lipinski definition) is 2. The highest BCUT2D eigenvalue weighted by Gasteiger charge is 2.39. The molecule has 0 aromatic rings. The lowest BCUT2D eigenvalue weighted by Gasteiger charge is -2.29. The lowest BCUT2D eigenvalue weighted by Crippen LogP contribution is -2.54. The summed E-state index contributed by atoms with van der Waals surface area (Å²) in [6, 6.07) is -0.852. The molecule has 0 unspecified atom stereocenters. The number of ether oxygens (including phenoxy) is 1.